The number of nitrogens with one attached hydrogen (secondary N) is 1. The van der Waals surface area contributed by atoms with E-state index in [9.17, 15) is 0 Å². The van der Waals surface area contributed by atoms with Crippen LogP contribution >= 0.6 is 0 Å². The molecule has 5 nitrogen and oxygen atoms in total. The minimum atomic E-state index is 0.443. The van der Waals surface area contributed by atoms with Crippen molar-refractivity contribution in [1.82, 2.24) is 9.97 Å². The number of hydrogen-bond acceptors (Lipinski definition) is 5. The molecule has 2 heterocycles. The van der Waals surface area contributed by atoms with E-state index in [1.54, 1.807) is 13.2 Å². The largest absolute Gasteiger partial charge is 0.481 e. The fourth-order valence-electron chi connectivity index (χ4n) is 1.58. The van der Waals surface area contributed by atoms with Crippen LogP contribution in [0.5, 0.6) is 5.88 Å². The van der Waals surface area contributed by atoms with Crippen molar-refractivity contribution < 1.29 is 9.47 Å². The molecule has 0 radical (unpaired) electrons. The highest BCUT2D eigenvalue weighted by molar-refractivity contribution is 5.38. The van der Waals surface area contributed by atoms with Gasteiger partial charge in [-0.15, -0.1) is 0 Å². The number of anilines is 1. The number of methoxy groups -OCH3 is 1. The molecule has 5 heteroatoms. The van der Waals surface area contributed by atoms with Crippen LogP contribution in [0.15, 0.2) is 12.4 Å². The van der Waals surface area contributed by atoms with Crippen LogP contribution in [0.3, 0.4) is 0 Å². The second kappa shape index (κ2) is 4.93. The third-order valence-electron chi connectivity index (χ3n) is 2.42. The third kappa shape index (κ3) is 2.79. The van der Waals surface area contributed by atoms with Crippen LogP contribution in [0, 0.1) is 0 Å². The summed E-state index contributed by atoms with van der Waals surface area (Å²) in [6.45, 7) is 1.64. The Labute approximate surface area is 88.8 Å². The monoisotopic (exact) mass is 209 g/mol. The van der Waals surface area contributed by atoms with Gasteiger partial charge in [-0.2, -0.15) is 0 Å². The molecule has 1 saturated heterocycles. The Morgan fingerprint density at radius 2 is 2.20 bits per heavy atom. The standard InChI is InChI=1S/C10H15N3O2/c1-14-10-6-9(11-7-12-10)13-8-2-4-15-5-3-8/h6-8H,2-5H2,1H3,(H,11,12,13). The lowest BCUT2D eigenvalue weighted by Crippen LogP contribution is -2.28. The van der Waals surface area contributed by atoms with Gasteiger partial charge in [0.15, 0.2) is 0 Å². The summed E-state index contributed by atoms with van der Waals surface area (Å²) in [5, 5.41) is 3.34. The Morgan fingerprint density at radius 3 is 2.93 bits per heavy atom. The highest BCUT2D eigenvalue weighted by Crippen LogP contribution is 2.15. The minimum Gasteiger partial charge on any atom is -0.481 e. The van der Waals surface area contributed by atoms with Crippen molar-refractivity contribution in [2.24, 2.45) is 0 Å². The zero-order valence-corrected chi connectivity index (χ0v) is 8.77. The van der Waals surface area contributed by atoms with Gasteiger partial charge < -0.3 is 14.8 Å². The quantitative estimate of drug-likeness (QED) is 0.807. The second-order valence-corrected chi connectivity index (χ2v) is 3.48. The molecule has 1 aliphatic heterocycles. The summed E-state index contributed by atoms with van der Waals surface area (Å²) in [6, 6.07) is 2.24. The Bertz CT molecular complexity index is 313. The Balaban J connectivity index is 1.96. The van der Waals surface area contributed by atoms with Gasteiger partial charge in [0.1, 0.15) is 12.1 Å². The summed E-state index contributed by atoms with van der Waals surface area (Å²) in [5.41, 5.74) is 0. The van der Waals surface area contributed by atoms with Gasteiger partial charge in [-0.1, -0.05) is 0 Å². The molecule has 2 rings (SSSR count). The molecule has 1 aromatic rings. The van der Waals surface area contributed by atoms with Crippen molar-refractivity contribution in [1.29, 1.82) is 0 Å². The first kappa shape index (κ1) is 10.2. The molecule has 15 heavy (non-hydrogen) atoms. The fraction of sp³-hybridized carbons (Fsp3) is 0.600. The predicted octanol–water partition coefficient (Wildman–Crippen LogP) is 1.08. The van der Waals surface area contributed by atoms with Crippen LogP contribution in [0.4, 0.5) is 5.82 Å². The first-order valence-corrected chi connectivity index (χ1v) is 5.09. The van der Waals surface area contributed by atoms with Crippen LogP contribution in [0.1, 0.15) is 12.8 Å². The molecule has 0 saturated carbocycles. The van der Waals surface area contributed by atoms with Crippen molar-refractivity contribution >= 4 is 5.82 Å². The molecule has 1 fully saturated rings. The molecule has 0 spiro atoms. The van der Waals surface area contributed by atoms with E-state index >= 15 is 0 Å². The van der Waals surface area contributed by atoms with Crippen molar-refractivity contribution in [3.63, 3.8) is 0 Å². The van der Waals surface area contributed by atoms with E-state index in [2.05, 4.69) is 15.3 Å². The number of aromatic nitrogens is 2. The van der Waals surface area contributed by atoms with Gasteiger partial charge in [-0.3, -0.25) is 0 Å². The van der Waals surface area contributed by atoms with Crippen molar-refractivity contribution in [2.45, 2.75) is 18.9 Å². The maximum atomic E-state index is 5.28. The molecular weight excluding hydrogens is 194 g/mol. The molecule has 1 aliphatic rings. The molecule has 0 amide bonds. The topological polar surface area (TPSA) is 56.3 Å². The van der Waals surface area contributed by atoms with E-state index in [1.807, 2.05) is 0 Å². The normalized spacial score (nSPS) is 17.4. The summed E-state index contributed by atoms with van der Waals surface area (Å²) in [6.07, 6.45) is 3.54. The van der Waals surface area contributed by atoms with Gasteiger partial charge in [-0.05, 0) is 12.8 Å². The Hall–Kier alpha value is -1.36. The van der Waals surface area contributed by atoms with E-state index in [1.165, 1.54) is 6.33 Å². The second-order valence-electron chi connectivity index (χ2n) is 3.48. The molecule has 1 aromatic heterocycles. The van der Waals surface area contributed by atoms with Gasteiger partial charge in [0.2, 0.25) is 5.88 Å². The number of ether oxygens (including phenoxy) is 2. The number of nitrogens with zero attached hydrogens (tertiary/aromatic N) is 2. The van der Waals surface area contributed by atoms with Crippen molar-refractivity contribution in [3.8, 4) is 5.88 Å². The van der Waals surface area contributed by atoms with E-state index in [4.69, 9.17) is 9.47 Å². The van der Waals surface area contributed by atoms with E-state index in [-0.39, 0.29) is 0 Å². The summed E-state index contributed by atoms with van der Waals surface area (Å²) >= 11 is 0. The van der Waals surface area contributed by atoms with Crippen LogP contribution in [-0.2, 0) is 4.74 Å². The lowest BCUT2D eigenvalue weighted by Gasteiger charge is -2.23. The highest BCUT2D eigenvalue weighted by Gasteiger charge is 2.13. The van der Waals surface area contributed by atoms with Crippen molar-refractivity contribution in [3.05, 3.63) is 12.4 Å². The fourth-order valence-corrected chi connectivity index (χ4v) is 1.58. The number of rotatable bonds is 3. The van der Waals surface area contributed by atoms with Crippen LogP contribution in [0.25, 0.3) is 0 Å². The molecule has 0 bridgehead atoms. The lowest BCUT2D eigenvalue weighted by molar-refractivity contribution is 0.0904. The summed E-state index contributed by atoms with van der Waals surface area (Å²) in [7, 11) is 1.60. The van der Waals surface area contributed by atoms with Crippen LogP contribution in [-0.4, -0.2) is 36.3 Å². The Morgan fingerprint density at radius 1 is 1.40 bits per heavy atom. The first-order chi connectivity index (χ1) is 7.38. The molecule has 1 N–H and O–H groups in total. The van der Waals surface area contributed by atoms with Crippen LogP contribution in [0.2, 0.25) is 0 Å². The molecule has 82 valence electrons. The third-order valence-corrected chi connectivity index (χ3v) is 2.42. The van der Waals surface area contributed by atoms with Gasteiger partial charge in [0, 0.05) is 25.3 Å². The Kier molecular flexibility index (Phi) is 3.34. The SMILES string of the molecule is COc1cc(NC2CCOCC2)ncn1. The summed E-state index contributed by atoms with van der Waals surface area (Å²) in [4.78, 5) is 8.09. The van der Waals surface area contributed by atoms with Crippen LogP contribution < -0.4 is 10.1 Å². The van der Waals surface area contributed by atoms with Gasteiger partial charge in [-0.25, -0.2) is 9.97 Å². The van der Waals surface area contributed by atoms with E-state index in [0.29, 0.717) is 11.9 Å². The molecule has 0 unspecified atom stereocenters. The van der Waals surface area contributed by atoms with E-state index in [0.717, 1.165) is 31.9 Å². The average molecular weight is 209 g/mol. The minimum absolute atomic E-state index is 0.443. The van der Waals surface area contributed by atoms with Crippen molar-refractivity contribution in [2.75, 3.05) is 25.6 Å². The van der Waals surface area contributed by atoms with Gasteiger partial charge >= 0.3 is 0 Å². The highest BCUT2D eigenvalue weighted by atomic mass is 16.5. The number of hydrogen-bond donors (Lipinski definition) is 1. The molecule has 0 atom stereocenters. The summed E-state index contributed by atoms with van der Waals surface area (Å²) < 4.78 is 10.3. The summed E-state index contributed by atoms with van der Waals surface area (Å²) in [5.74, 6) is 1.40. The maximum Gasteiger partial charge on any atom is 0.218 e. The molecule has 0 aromatic carbocycles. The smallest absolute Gasteiger partial charge is 0.218 e. The first-order valence-electron chi connectivity index (χ1n) is 5.09. The maximum absolute atomic E-state index is 5.28. The van der Waals surface area contributed by atoms with Gasteiger partial charge in [0.05, 0.1) is 7.11 Å². The molecular formula is C10H15N3O2. The average Bonchev–Trinajstić information content (AvgIpc) is 2.31. The lowest BCUT2D eigenvalue weighted by atomic mass is 10.1. The zero-order valence-electron chi connectivity index (χ0n) is 8.77. The van der Waals surface area contributed by atoms with E-state index < -0.39 is 0 Å². The predicted molar refractivity (Wildman–Crippen MR) is 56.0 cm³/mol. The zero-order chi connectivity index (χ0) is 10.5. The molecule has 0 aliphatic carbocycles. The van der Waals surface area contributed by atoms with Gasteiger partial charge in [0.25, 0.3) is 0 Å².